The Labute approximate surface area is 291 Å². The van der Waals surface area contributed by atoms with Gasteiger partial charge in [-0.25, -0.2) is 0 Å². The van der Waals surface area contributed by atoms with Crippen molar-refractivity contribution in [2.45, 2.75) is 219 Å². The molecule has 0 fully saturated rings. The van der Waals surface area contributed by atoms with E-state index in [9.17, 15) is 11.6 Å². The number of hydrogen-bond acceptors (Lipinski definition) is 4. The second-order valence-electron chi connectivity index (χ2n) is 15.2. The predicted molar refractivity (Wildman–Crippen MR) is 203 cm³/mol. The molecule has 0 spiro atoms. The fraction of sp³-hybridized carbons (Fsp3) is 0.923. The van der Waals surface area contributed by atoms with Gasteiger partial charge in [0, 0.05) is 6.42 Å². The molecule has 4 nitrogen and oxygen atoms in total. The summed E-state index contributed by atoms with van der Waals surface area (Å²) in [5.74, 6) is -0.797. The third-order valence-corrected chi connectivity index (χ3v) is 21.7. The van der Waals surface area contributed by atoms with Crippen LogP contribution in [0, 0.1) is 0 Å². The first kappa shape index (κ1) is 35.9. The van der Waals surface area contributed by atoms with Crippen molar-refractivity contribution in [3.8, 4) is 0 Å². The first-order valence-electron chi connectivity index (χ1n) is 21.3. The summed E-state index contributed by atoms with van der Waals surface area (Å²) in [5, 5.41) is 0. The topological polar surface area (TPSA) is 44.8 Å². The van der Waals surface area contributed by atoms with Gasteiger partial charge >= 0.3 is 5.97 Å². The van der Waals surface area contributed by atoms with E-state index in [-0.39, 0.29) is 39.7 Å². The molecule has 0 heterocycles. The summed E-state index contributed by atoms with van der Waals surface area (Å²) in [4.78, 5) is 13.4. The van der Waals surface area contributed by atoms with E-state index in [0.717, 1.165) is 38.5 Å². The molecule has 0 atom stereocenters. The van der Waals surface area contributed by atoms with E-state index in [1.165, 1.54) is 38.5 Å². The minimum Gasteiger partial charge on any atom is -0.458 e. The Bertz CT molecular complexity index is 881. The molecule has 0 unspecified atom stereocenters. The lowest BCUT2D eigenvalue weighted by Gasteiger charge is -2.44. The fourth-order valence-electron chi connectivity index (χ4n) is 7.54. The molecule has 0 aromatic carbocycles. The van der Waals surface area contributed by atoms with Crippen molar-refractivity contribution in [1.82, 2.24) is 0 Å². The summed E-state index contributed by atoms with van der Waals surface area (Å²) in [6.07, 6.45) is 16.1. The van der Waals surface area contributed by atoms with Crippen molar-refractivity contribution < 1.29 is 25.2 Å². The second-order valence-corrected chi connectivity index (χ2v) is 25.9. The van der Waals surface area contributed by atoms with Gasteiger partial charge in [-0.1, -0.05) is 154 Å². The first-order chi connectivity index (χ1) is 23.0. The highest BCUT2D eigenvalue weighted by Gasteiger charge is 2.47. The highest BCUT2D eigenvalue weighted by molar-refractivity contribution is 6.78. The summed E-state index contributed by atoms with van der Waals surface area (Å²) >= 11 is 0. The number of unbranched alkanes of at least 4 members (excludes halogenated alkanes) is 11. The fourth-order valence-corrected chi connectivity index (χ4v) is 17.5. The van der Waals surface area contributed by atoms with Gasteiger partial charge in [0.1, 0.15) is 6.08 Å². The highest BCUT2D eigenvalue weighted by atomic mass is 28.4. The van der Waals surface area contributed by atoms with E-state index in [0.29, 0.717) is 6.42 Å². The average molecular weight is 674 g/mol. The molecule has 0 saturated carbocycles. The van der Waals surface area contributed by atoms with Gasteiger partial charge in [-0.15, -0.1) is 0 Å². The van der Waals surface area contributed by atoms with E-state index in [4.69, 9.17) is 13.6 Å². The molecular weight excluding hydrogens is 589 g/mol. The Balaban J connectivity index is 5.88. The summed E-state index contributed by atoms with van der Waals surface area (Å²) in [6, 6.07) is 0. The number of carbonyl (C=O) groups is 1. The lowest BCUT2D eigenvalue weighted by atomic mass is 10.1. The van der Waals surface area contributed by atoms with Gasteiger partial charge in [0.15, 0.2) is 0 Å². The predicted octanol–water partition coefficient (Wildman–Crippen LogP) is 13.3. The maximum Gasteiger partial charge on any atom is 0.306 e. The van der Waals surface area contributed by atoms with Gasteiger partial charge in [0.2, 0.25) is 16.6 Å². The summed E-state index contributed by atoms with van der Waals surface area (Å²) < 4.78 is 65.4. The number of carbonyl (C=O) groups excluding carboxylic acids is 1. The molecule has 0 radical (unpaired) electrons. The summed E-state index contributed by atoms with van der Waals surface area (Å²) in [7, 11) is -5.98. The standard InChI is InChI=1S/C39H80O4Si2/c1-14-15-16-17-18-19-20-21-22-23-24-25-26-27-28-29-39(40)43-38(30-41-44(32(2)3,33(4)5)34(6)7)31-42-45(35(8)9,36(10)11)37(12)13/h21-22,32-38H,14-20,23-31H2,1-13H3/b22-21+/i30D2,31D2,38D. The van der Waals surface area contributed by atoms with Crippen LogP contribution < -0.4 is 0 Å². The second kappa shape index (κ2) is 24.7. The molecule has 0 aromatic heterocycles. The van der Waals surface area contributed by atoms with Crippen LogP contribution in [0.4, 0.5) is 0 Å². The molecule has 0 aliphatic carbocycles. The van der Waals surface area contributed by atoms with Crippen LogP contribution in [0.15, 0.2) is 12.2 Å². The van der Waals surface area contributed by atoms with Crippen LogP contribution in [-0.2, 0) is 18.4 Å². The van der Waals surface area contributed by atoms with E-state index in [2.05, 4.69) is 19.1 Å². The van der Waals surface area contributed by atoms with Crippen LogP contribution in [0.3, 0.4) is 0 Å². The molecule has 6 heteroatoms. The molecule has 0 aliphatic heterocycles. The van der Waals surface area contributed by atoms with Crippen LogP contribution in [0.25, 0.3) is 0 Å². The SMILES string of the molecule is [2H]C([2H])(O[Si](C(C)C)(C(C)C)C(C)C)C([2H])(OC(=O)CCCCCCC/C=C/CCCCCCCC)C([2H])([2H])O[Si](C(C)C)(C(C)C)C(C)C. The number of rotatable bonds is 28. The van der Waals surface area contributed by atoms with Gasteiger partial charge in [-0.2, -0.15) is 0 Å². The number of allylic oxidation sites excluding steroid dienone is 2. The molecule has 0 aromatic rings. The largest absolute Gasteiger partial charge is 0.458 e. The number of hydrogen-bond donors (Lipinski definition) is 0. The van der Waals surface area contributed by atoms with E-state index < -0.39 is 41.8 Å². The van der Waals surface area contributed by atoms with Crippen molar-refractivity contribution in [1.29, 1.82) is 0 Å². The highest BCUT2D eigenvalue weighted by Crippen LogP contribution is 2.44. The van der Waals surface area contributed by atoms with Crippen LogP contribution >= 0.6 is 0 Å². The monoisotopic (exact) mass is 674 g/mol. The Hall–Kier alpha value is -0.436. The lowest BCUT2D eigenvalue weighted by molar-refractivity contribution is -0.152. The number of ether oxygens (including phenoxy) is 1. The Morgan fingerprint density at radius 1 is 0.578 bits per heavy atom. The van der Waals surface area contributed by atoms with Crippen LogP contribution in [0.5, 0.6) is 0 Å². The number of esters is 1. The Morgan fingerprint density at radius 3 is 1.27 bits per heavy atom. The van der Waals surface area contributed by atoms with Crippen LogP contribution in [0.2, 0.25) is 33.2 Å². The van der Waals surface area contributed by atoms with Crippen molar-refractivity contribution in [3.05, 3.63) is 12.2 Å². The van der Waals surface area contributed by atoms with Crippen LogP contribution in [0.1, 0.15) is 187 Å². The van der Waals surface area contributed by atoms with E-state index >= 15 is 0 Å². The molecule has 0 amide bonds. The van der Waals surface area contributed by atoms with Crippen molar-refractivity contribution in [2.24, 2.45) is 0 Å². The van der Waals surface area contributed by atoms with Crippen molar-refractivity contribution >= 4 is 22.6 Å². The minimum atomic E-state index is -3.09. The van der Waals surface area contributed by atoms with E-state index in [1.54, 1.807) is 0 Å². The molecule has 0 rings (SSSR count). The summed E-state index contributed by atoms with van der Waals surface area (Å²) in [5.41, 5.74) is -0.191. The molecule has 0 bridgehead atoms. The van der Waals surface area contributed by atoms with Crippen molar-refractivity contribution in [3.63, 3.8) is 0 Å². The summed E-state index contributed by atoms with van der Waals surface area (Å²) in [6.45, 7) is 20.4. The normalized spacial score (nSPS) is 15.8. The Morgan fingerprint density at radius 2 is 0.911 bits per heavy atom. The molecule has 0 aliphatic rings. The Kier molecular flexibility index (Phi) is 19.7. The lowest BCUT2D eigenvalue weighted by Crippen LogP contribution is -2.52. The van der Waals surface area contributed by atoms with Gasteiger partial charge in [0.25, 0.3) is 0 Å². The third-order valence-electron chi connectivity index (χ3n) is 9.91. The van der Waals surface area contributed by atoms with Gasteiger partial charge in [-0.3, -0.25) is 4.79 Å². The maximum atomic E-state index is 13.4. The zero-order valence-corrected chi connectivity index (χ0v) is 34.2. The third kappa shape index (κ3) is 16.0. The quantitative estimate of drug-likeness (QED) is 0.0359. The molecular formula is C39H80O4Si2. The maximum absolute atomic E-state index is 13.4. The minimum absolute atomic E-state index is 0.0207. The molecule has 0 N–H and O–H groups in total. The van der Waals surface area contributed by atoms with Gasteiger partial charge in [0.05, 0.1) is 20.0 Å². The first-order valence-corrected chi connectivity index (χ1v) is 23.1. The van der Waals surface area contributed by atoms with Crippen molar-refractivity contribution in [2.75, 3.05) is 13.1 Å². The van der Waals surface area contributed by atoms with Crippen LogP contribution in [-0.4, -0.2) is 41.8 Å². The molecule has 268 valence electrons. The zero-order chi connectivity index (χ0) is 39.0. The average Bonchev–Trinajstić information content (AvgIpc) is 2.99. The van der Waals surface area contributed by atoms with Gasteiger partial charge < -0.3 is 13.6 Å². The van der Waals surface area contributed by atoms with E-state index in [1.807, 2.05) is 83.1 Å². The molecule has 0 saturated heterocycles. The zero-order valence-electron chi connectivity index (χ0n) is 37.2. The smallest absolute Gasteiger partial charge is 0.306 e. The van der Waals surface area contributed by atoms with Gasteiger partial charge in [-0.05, 0) is 65.4 Å². The molecule has 45 heavy (non-hydrogen) atoms.